The van der Waals surface area contributed by atoms with Gasteiger partial charge in [0.15, 0.2) is 0 Å². The molecule has 0 aliphatic carbocycles. The fraction of sp³-hybridized carbons (Fsp3) is 0. The molecule has 2 aromatic rings. The molecule has 17 heavy (non-hydrogen) atoms. The Morgan fingerprint density at radius 2 is 1.18 bits per heavy atom. The van der Waals surface area contributed by atoms with E-state index >= 15 is 0 Å². The van der Waals surface area contributed by atoms with Crippen molar-refractivity contribution in [3.63, 3.8) is 0 Å². The first-order chi connectivity index (χ1) is 7.99. The Morgan fingerprint density at radius 1 is 0.647 bits per heavy atom. The average Bonchev–Trinajstić information content (AvgIpc) is 2.23. The second-order valence-electron chi connectivity index (χ2n) is 3.38. The first-order valence-electron chi connectivity index (χ1n) is 4.59. The van der Waals surface area contributed by atoms with Gasteiger partial charge in [-0.05, 0) is 67.8 Å². The van der Waals surface area contributed by atoms with Gasteiger partial charge in [-0.1, -0.05) is 47.8 Å². The van der Waals surface area contributed by atoms with Crippen molar-refractivity contribution >= 4 is 79.6 Å². The van der Waals surface area contributed by atoms with Gasteiger partial charge in [-0.2, -0.15) is 0 Å². The van der Waals surface area contributed by atoms with Crippen molar-refractivity contribution in [2.45, 2.75) is 0 Å². The lowest BCUT2D eigenvalue weighted by Gasteiger charge is -2.10. The number of hydrogen-bond donors (Lipinski definition) is 0. The molecule has 88 valence electrons. The topological polar surface area (TPSA) is 0 Å². The van der Waals surface area contributed by atoms with E-state index in [4.69, 9.17) is 0 Å². The van der Waals surface area contributed by atoms with Gasteiger partial charge in [0.25, 0.3) is 0 Å². The number of rotatable bonds is 1. The summed E-state index contributed by atoms with van der Waals surface area (Å²) in [6.45, 7) is 0. The van der Waals surface area contributed by atoms with Gasteiger partial charge in [-0.15, -0.1) is 0 Å². The molecular weight excluding hydrogens is 544 g/mol. The lowest BCUT2D eigenvalue weighted by molar-refractivity contribution is 1.49. The van der Waals surface area contributed by atoms with Crippen LogP contribution < -0.4 is 0 Å². The lowest BCUT2D eigenvalue weighted by atomic mass is 10.1. The summed E-state index contributed by atoms with van der Waals surface area (Å²) >= 11 is 17.7. The maximum Gasteiger partial charge on any atom is 0.0407 e. The predicted molar refractivity (Wildman–Crippen MR) is 90.4 cm³/mol. The van der Waals surface area contributed by atoms with Crippen LogP contribution in [-0.4, -0.2) is 0 Å². The van der Waals surface area contributed by atoms with Crippen LogP contribution in [0.4, 0.5) is 0 Å². The zero-order valence-electron chi connectivity index (χ0n) is 8.28. The van der Waals surface area contributed by atoms with E-state index in [0.29, 0.717) is 0 Å². The molecule has 0 N–H and O–H groups in total. The standard InChI is InChI=1S/C12H5Br5/c13-7-3-6(4-8(14)5-7)11-9(15)1-2-10(16)12(11)17/h1-5H. The van der Waals surface area contributed by atoms with E-state index in [-0.39, 0.29) is 0 Å². The maximum atomic E-state index is 3.61. The lowest BCUT2D eigenvalue weighted by Crippen LogP contribution is -1.84. The van der Waals surface area contributed by atoms with Gasteiger partial charge in [0, 0.05) is 27.9 Å². The predicted octanol–water partition coefficient (Wildman–Crippen LogP) is 7.17. The highest BCUT2D eigenvalue weighted by Crippen LogP contribution is 2.41. The summed E-state index contributed by atoms with van der Waals surface area (Å²) in [5, 5.41) is 0. The van der Waals surface area contributed by atoms with Crippen LogP contribution in [0.3, 0.4) is 0 Å². The van der Waals surface area contributed by atoms with Gasteiger partial charge >= 0.3 is 0 Å². The van der Waals surface area contributed by atoms with Crippen LogP contribution >= 0.6 is 79.6 Å². The highest BCUT2D eigenvalue weighted by molar-refractivity contribution is 9.13. The van der Waals surface area contributed by atoms with E-state index in [1.54, 1.807) is 0 Å². The Labute approximate surface area is 142 Å². The third-order valence-corrected chi connectivity index (χ3v) is 5.79. The van der Waals surface area contributed by atoms with Crippen LogP contribution in [0.15, 0.2) is 52.7 Å². The summed E-state index contributed by atoms with van der Waals surface area (Å²) in [6.07, 6.45) is 0. The summed E-state index contributed by atoms with van der Waals surface area (Å²) in [5.74, 6) is 0. The Bertz CT molecular complexity index is 557. The monoisotopic (exact) mass is 544 g/mol. The summed E-state index contributed by atoms with van der Waals surface area (Å²) in [6, 6.07) is 10.2. The normalized spacial score (nSPS) is 10.6. The van der Waals surface area contributed by atoms with Gasteiger partial charge in [-0.3, -0.25) is 0 Å². The second kappa shape index (κ2) is 5.87. The molecule has 0 saturated heterocycles. The Morgan fingerprint density at radius 3 is 1.76 bits per heavy atom. The van der Waals surface area contributed by atoms with Crippen molar-refractivity contribution < 1.29 is 0 Å². The van der Waals surface area contributed by atoms with Crippen molar-refractivity contribution in [3.05, 3.63) is 52.7 Å². The fourth-order valence-corrected chi connectivity index (χ4v) is 4.51. The van der Waals surface area contributed by atoms with Gasteiger partial charge in [-0.25, -0.2) is 0 Å². The molecule has 0 unspecified atom stereocenters. The summed E-state index contributed by atoms with van der Waals surface area (Å²) in [7, 11) is 0. The number of hydrogen-bond acceptors (Lipinski definition) is 0. The van der Waals surface area contributed by atoms with Gasteiger partial charge in [0.1, 0.15) is 0 Å². The van der Waals surface area contributed by atoms with E-state index in [1.807, 2.05) is 18.2 Å². The Hall–Kier alpha value is 0.840. The molecule has 0 fully saturated rings. The van der Waals surface area contributed by atoms with Crippen molar-refractivity contribution in [2.75, 3.05) is 0 Å². The minimum absolute atomic E-state index is 1.03. The van der Waals surface area contributed by atoms with E-state index in [9.17, 15) is 0 Å². The van der Waals surface area contributed by atoms with Crippen LogP contribution in [0.5, 0.6) is 0 Å². The van der Waals surface area contributed by atoms with Crippen LogP contribution in [-0.2, 0) is 0 Å². The molecule has 0 amide bonds. The van der Waals surface area contributed by atoms with Crippen molar-refractivity contribution in [3.8, 4) is 11.1 Å². The first kappa shape index (κ1) is 14.3. The largest absolute Gasteiger partial charge is 0.0508 e. The molecule has 0 bridgehead atoms. The zero-order valence-corrected chi connectivity index (χ0v) is 16.2. The third-order valence-electron chi connectivity index (χ3n) is 2.20. The summed E-state index contributed by atoms with van der Waals surface area (Å²) < 4.78 is 5.21. The third kappa shape index (κ3) is 3.24. The molecular formula is C12H5Br5. The molecule has 0 atom stereocenters. The van der Waals surface area contributed by atoms with E-state index in [0.717, 1.165) is 33.5 Å². The van der Waals surface area contributed by atoms with E-state index < -0.39 is 0 Å². The molecule has 0 aliphatic heterocycles. The molecule has 0 nitrogen and oxygen atoms in total. The first-order valence-corrected chi connectivity index (χ1v) is 8.55. The molecule has 0 aliphatic rings. The number of benzene rings is 2. The van der Waals surface area contributed by atoms with E-state index in [1.165, 1.54) is 0 Å². The molecule has 2 rings (SSSR count). The zero-order chi connectivity index (χ0) is 12.6. The number of halogens is 5. The second-order valence-corrected chi connectivity index (χ2v) is 7.71. The van der Waals surface area contributed by atoms with Gasteiger partial charge < -0.3 is 0 Å². The fourth-order valence-electron chi connectivity index (χ4n) is 1.49. The van der Waals surface area contributed by atoms with Crippen LogP contribution in [0.25, 0.3) is 11.1 Å². The quantitative estimate of drug-likeness (QED) is 0.332. The molecule has 0 aromatic heterocycles. The molecule has 0 radical (unpaired) electrons. The average molecular weight is 549 g/mol. The maximum absolute atomic E-state index is 3.61. The van der Waals surface area contributed by atoms with Crippen LogP contribution in [0, 0.1) is 0 Å². The van der Waals surface area contributed by atoms with Crippen LogP contribution in [0.2, 0.25) is 0 Å². The summed E-state index contributed by atoms with van der Waals surface area (Å²) in [4.78, 5) is 0. The molecule has 0 heterocycles. The smallest absolute Gasteiger partial charge is 0.0407 e. The summed E-state index contributed by atoms with van der Waals surface area (Å²) in [5.41, 5.74) is 2.26. The SMILES string of the molecule is Brc1cc(Br)cc(-c2c(Br)ccc(Br)c2Br)c1. The Kier molecular flexibility index (Phi) is 4.92. The highest BCUT2D eigenvalue weighted by Gasteiger charge is 2.11. The minimum atomic E-state index is 1.03. The van der Waals surface area contributed by atoms with Gasteiger partial charge in [0.05, 0.1) is 0 Å². The van der Waals surface area contributed by atoms with Crippen molar-refractivity contribution in [1.82, 2.24) is 0 Å². The molecule has 5 heteroatoms. The molecule has 0 saturated carbocycles. The van der Waals surface area contributed by atoms with Crippen molar-refractivity contribution in [2.24, 2.45) is 0 Å². The van der Waals surface area contributed by atoms with Crippen LogP contribution in [0.1, 0.15) is 0 Å². The van der Waals surface area contributed by atoms with E-state index in [2.05, 4.69) is 91.8 Å². The molecule has 2 aromatic carbocycles. The minimum Gasteiger partial charge on any atom is -0.0508 e. The van der Waals surface area contributed by atoms with Crippen molar-refractivity contribution in [1.29, 1.82) is 0 Å². The molecule has 0 spiro atoms. The Balaban J connectivity index is 2.72. The van der Waals surface area contributed by atoms with Gasteiger partial charge in [0.2, 0.25) is 0 Å². The highest BCUT2D eigenvalue weighted by atomic mass is 79.9.